The van der Waals surface area contributed by atoms with Gasteiger partial charge in [-0.25, -0.2) is 0 Å². The van der Waals surface area contributed by atoms with Crippen LogP contribution in [0, 0.1) is 69.6 Å². The van der Waals surface area contributed by atoms with Gasteiger partial charge in [0.1, 0.15) is 0 Å². The van der Waals surface area contributed by atoms with Crippen LogP contribution in [0.5, 0.6) is 0 Å². The average Bonchev–Trinajstić information content (AvgIpc) is 3.46. The van der Waals surface area contributed by atoms with Crippen LogP contribution in [0.15, 0.2) is 60.7 Å². The molecular formula is C26H24FeO. The largest absolute Gasteiger partial charge is 0.294 e. The van der Waals surface area contributed by atoms with E-state index >= 15 is 0 Å². The van der Waals surface area contributed by atoms with E-state index in [9.17, 15) is 4.79 Å². The number of ketones is 1. The Morgan fingerprint density at radius 3 is 1.64 bits per heavy atom. The van der Waals surface area contributed by atoms with Gasteiger partial charge in [0.25, 0.3) is 0 Å². The predicted octanol–water partition coefficient (Wildman–Crippen LogP) is 5.71. The van der Waals surface area contributed by atoms with Gasteiger partial charge in [0.2, 0.25) is 0 Å². The summed E-state index contributed by atoms with van der Waals surface area (Å²) in [5.74, 6) is 1.37. The van der Waals surface area contributed by atoms with Crippen LogP contribution < -0.4 is 0 Å². The number of hydrogen-bond donors (Lipinski definition) is 0. The SMILES string of the molecule is C[C@@H](C(=O)c1ccccc1)[C@@H]([C]1[CH][CH][CH][CH]1)c1ccccc1.[CH]1[CH][CH][CH][CH]1.[Fe]. The fourth-order valence-corrected chi connectivity index (χ4v) is 3.36. The van der Waals surface area contributed by atoms with Crippen LogP contribution in [-0.2, 0) is 17.1 Å². The van der Waals surface area contributed by atoms with Gasteiger partial charge >= 0.3 is 0 Å². The number of rotatable bonds is 5. The monoisotopic (exact) mass is 408 g/mol. The molecule has 0 bridgehead atoms. The standard InChI is InChI=1S/C21H19O.C5H5.Fe/c1-16(21(22)19-14-6-3-7-15-19)20(18-12-8-9-13-18)17-10-4-2-5-11-17;1-2-4-5-3-1;/h2-16,20H,1H3;1-5H;/t16-,20-;;/m1../s1. The Bertz CT molecular complexity index is 664. The molecule has 0 aliphatic heterocycles. The van der Waals surface area contributed by atoms with Crippen molar-refractivity contribution < 1.29 is 21.9 Å². The van der Waals surface area contributed by atoms with Crippen molar-refractivity contribution in [1.29, 1.82) is 0 Å². The first-order valence-corrected chi connectivity index (χ1v) is 9.30. The Kier molecular flexibility index (Phi) is 10.0. The van der Waals surface area contributed by atoms with Crippen molar-refractivity contribution in [1.82, 2.24) is 0 Å². The van der Waals surface area contributed by atoms with Crippen LogP contribution in [0.4, 0.5) is 0 Å². The summed E-state index contributed by atoms with van der Waals surface area (Å²) in [6, 6.07) is 19.8. The van der Waals surface area contributed by atoms with Crippen LogP contribution in [0.2, 0.25) is 0 Å². The quantitative estimate of drug-likeness (QED) is 0.457. The predicted molar refractivity (Wildman–Crippen MR) is 111 cm³/mol. The molecule has 0 unspecified atom stereocenters. The maximum Gasteiger partial charge on any atom is 0.166 e. The average molecular weight is 408 g/mol. The molecule has 2 saturated carbocycles. The van der Waals surface area contributed by atoms with Gasteiger partial charge in [0.15, 0.2) is 5.78 Å². The molecule has 28 heavy (non-hydrogen) atoms. The van der Waals surface area contributed by atoms with Crippen LogP contribution in [0.25, 0.3) is 0 Å². The van der Waals surface area contributed by atoms with Crippen molar-refractivity contribution in [2.24, 2.45) is 5.92 Å². The molecule has 2 aliphatic carbocycles. The summed E-state index contributed by atoms with van der Waals surface area (Å²) in [6.45, 7) is 2.03. The van der Waals surface area contributed by atoms with Gasteiger partial charge in [-0.1, -0.05) is 67.6 Å². The van der Waals surface area contributed by atoms with Crippen LogP contribution >= 0.6 is 0 Å². The molecule has 1 nitrogen and oxygen atoms in total. The van der Waals surface area contributed by atoms with E-state index in [-0.39, 0.29) is 34.7 Å². The minimum Gasteiger partial charge on any atom is -0.294 e. The molecule has 142 valence electrons. The summed E-state index contributed by atoms with van der Waals surface area (Å²) in [6.07, 6.45) is 18.3. The maximum atomic E-state index is 12.9. The first-order valence-electron chi connectivity index (χ1n) is 9.30. The first-order chi connectivity index (χ1) is 13.3. The molecule has 0 saturated heterocycles. The molecule has 0 amide bonds. The fraction of sp³-hybridized carbons (Fsp3) is 0.115. The number of benzene rings is 2. The topological polar surface area (TPSA) is 17.1 Å². The molecule has 2 aromatic carbocycles. The van der Waals surface area contributed by atoms with E-state index in [1.54, 1.807) is 0 Å². The molecule has 2 aliphatic rings. The summed E-state index contributed by atoms with van der Waals surface area (Å²) in [5, 5.41) is 0. The zero-order chi connectivity index (χ0) is 18.9. The minimum atomic E-state index is -0.104. The molecule has 2 heteroatoms. The number of carbonyl (C=O) groups is 1. The first kappa shape index (κ1) is 22.9. The second kappa shape index (κ2) is 12.2. The minimum absolute atomic E-state index is 0. The number of hydrogen-bond acceptors (Lipinski definition) is 1. The molecule has 0 N–H and O–H groups in total. The maximum absolute atomic E-state index is 12.9. The Morgan fingerprint density at radius 2 is 1.14 bits per heavy atom. The molecule has 0 spiro atoms. The van der Waals surface area contributed by atoms with Gasteiger partial charge in [0.05, 0.1) is 0 Å². The summed E-state index contributed by atoms with van der Waals surface area (Å²) in [7, 11) is 0. The Morgan fingerprint density at radius 1 is 0.679 bits per heavy atom. The zero-order valence-corrected chi connectivity index (χ0v) is 17.0. The molecular weight excluding hydrogens is 384 g/mol. The van der Waals surface area contributed by atoms with Crippen molar-refractivity contribution in [2.75, 3.05) is 0 Å². The van der Waals surface area contributed by atoms with Crippen molar-refractivity contribution >= 4 is 5.78 Å². The van der Waals surface area contributed by atoms with Gasteiger partial charge in [-0.2, -0.15) is 0 Å². The Hall–Kier alpha value is -1.37. The number of Topliss-reactive ketones (excluding diaryl/α,β-unsaturated/α-hetero) is 1. The van der Waals surface area contributed by atoms with Crippen LogP contribution in [-0.4, -0.2) is 5.78 Å². The normalized spacial score (nSPS) is 18.5. The fourth-order valence-electron chi connectivity index (χ4n) is 3.36. The third-order valence-corrected chi connectivity index (χ3v) is 4.73. The van der Waals surface area contributed by atoms with E-state index in [2.05, 4.69) is 25.0 Å². The molecule has 4 rings (SSSR count). The summed E-state index contributed by atoms with van der Waals surface area (Å²) < 4.78 is 0. The summed E-state index contributed by atoms with van der Waals surface area (Å²) in [5.41, 5.74) is 1.97. The van der Waals surface area contributed by atoms with E-state index < -0.39 is 0 Å². The molecule has 0 aromatic heterocycles. The molecule has 10 radical (unpaired) electrons. The van der Waals surface area contributed by atoms with Crippen molar-refractivity contribution in [3.05, 3.63) is 135 Å². The van der Waals surface area contributed by atoms with E-state index in [0.717, 1.165) is 5.56 Å². The Labute approximate surface area is 181 Å². The Balaban J connectivity index is 0.000000408. The second-order valence-corrected chi connectivity index (χ2v) is 6.59. The summed E-state index contributed by atoms with van der Waals surface area (Å²) >= 11 is 0. The zero-order valence-electron chi connectivity index (χ0n) is 15.9. The van der Waals surface area contributed by atoms with Gasteiger partial charge < -0.3 is 0 Å². The molecule has 2 aromatic rings. The van der Waals surface area contributed by atoms with Crippen molar-refractivity contribution in [2.45, 2.75) is 12.8 Å². The van der Waals surface area contributed by atoms with E-state index in [1.165, 1.54) is 11.5 Å². The van der Waals surface area contributed by atoms with Crippen LogP contribution in [0.3, 0.4) is 0 Å². The smallest absolute Gasteiger partial charge is 0.166 e. The number of carbonyl (C=O) groups excluding carboxylic acids is 1. The van der Waals surface area contributed by atoms with E-state index in [4.69, 9.17) is 0 Å². The van der Waals surface area contributed by atoms with E-state index in [1.807, 2.05) is 100 Å². The molecule has 2 fully saturated rings. The van der Waals surface area contributed by atoms with Gasteiger partial charge in [-0.05, 0) is 69.3 Å². The molecule has 2 atom stereocenters. The van der Waals surface area contributed by atoms with E-state index in [0.29, 0.717) is 0 Å². The van der Waals surface area contributed by atoms with Crippen LogP contribution in [0.1, 0.15) is 28.8 Å². The third-order valence-electron chi connectivity index (χ3n) is 4.73. The molecule has 0 heterocycles. The second-order valence-electron chi connectivity index (χ2n) is 6.59. The van der Waals surface area contributed by atoms with Gasteiger partial charge in [-0.15, -0.1) is 0 Å². The third kappa shape index (κ3) is 6.32. The van der Waals surface area contributed by atoms with Crippen molar-refractivity contribution in [3.63, 3.8) is 0 Å². The van der Waals surface area contributed by atoms with Gasteiger partial charge in [0, 0.05) is 34.5 Å². The summed E-state index contributed by atoms with van der Waals surface area (Å²) in [4.78, 5) is 12.9. The van der Waals surface area contributed by atoms with Crippen molar-refractivity contribution in [3.8, 4) is 0 Å². The van der Waals surface area contributed by atoms with Gasteiger partial charge in [-0.3, -0.25) is 4.79 Å².